The van der Waals surface area contributed by atoms with Gasteiger partial charge in [-0.1, -0.05) is 24.3 Å². The quantitative estimate of drug-likeness (QED) is 0.916. The van der Waals surface area contributed by atoms with Crippen molar-refractivity contribution in [2.45, 2.75) is 43.7 Å². The fourth-order valence-electron chi connectivity index (χ4n) is 3.60. The first-order valence-corrected chi connectivity index (χ1v) is 7.83. The molecule has 1 aliphatic carbocycles. The van der Waals surface area contributed by atoms with E-state index < -0.39 is 0 Å². The minimum atomic E-state index is 0.197. The molecule has 1 aromatic carbocycles. The number of nitrogens with one attached hydrogen (secondary N) is 1. The average Bonchev–Trinajstić information content (AvgIpc) is 2.53. The van der Waals surface area contributed by atoms with Gasteiger partial charge in [0.2, 0.25) is 0 Å². The Hall–Kier alpha value is -0.900. The van der Waals surface area contributed by atoms with Gasteiger partial charge in [-0.05, 0) is 49.8 Å². The van der Waals surface area contributed by atoms with Crippen LogP contribution in [0.15, 0.2) is 24.3 Å². The first kappa shape index (κ1) is 14.1. The number of hydrogen-bond donors (Lipinski definition) is 1. The maximum Gasteiger partial charge on any atom is 0.0962 e. The zero-order valence-electron chi connectivity index (χ0n) is 12.3. The van der Waals surface area contributed by atoms with Crippen molar-refractivity contribution in [2.24, 2.45) is 0 Å². The van der Waals surface area contributed by atoms with Crippen LogP contribution in [0.3, 0.4) is 0 Å². The highest BCUT2D eigenvalue weighted by atomic mass is 16.6. The number of likely N-dealkylation sites (N-methyl/N-ethyl adjacent to an activating group) is 1. The Labute approximate surface area is 121 Å². The second-order valence-corrected chi connectivity index (χ2v) is 5.90. The van der Waals surface area contributed by atoms with E-state index in [9.17, 15) is 0 Å². The zero-order valence-corrected chi connectivity index (χ0v) is 12.3. The molecule has 110 valence electrons. The lowest BCUT2D eigenvalue weighted by molar-refractivity contribution is -0.102. The molecular weight excluding hydrogens is 250 g/mol. The van der Waals surface area contributed by atoms with Gasteiger partial charge in [0.1, 0.15) is 0 Å². The molecule has 3 nitrogen and oxygen atoms in total. The molecule has 1 saturated heterocycles. The zero-order chi connectivity index (χ0) is 13.8. The summed E-state index contributed by atoms with van der Waals surface area (Å²) in [6.07, 6.45) is 5.17. The Balaban J connectivity index is 1.70. The van der Waals surface area contributed by atoms with Crippen LogP contribution in [-0.2, 0) is 15.9 Å². The van der Waals surface area contributed by atoms with Crippen molar-refractivity contribution in [3.8, 4) is 0 Å². The van der Waals surface area contributed by atoms with Gasteiger partial charge in [-0.15, -0.1) is 0 Å². The van der Waals surface area contributed by atoms with Crippen LogP contribution in [0, 0.1) is 0 Å². The molecule has 0 amide bonds. The van der Waals surface area contributed by atoms with Gasteiger partial charge in [-0.2, -0.15) is 0 Å². The molecule has 20 heavy (non-hydrogen) atoms. The van der Waals surface area contributed by atoms with Crippen LogP contribution >= 0.6 is 0 Å². The first-order chi connectivity index (χ1) is 9.88. The fraction of sp³-hybridized carbons (Fsp3) is 0.647. The molecule has 1 aliphatic heterocycles. The predicted molar refractivity (Wildman–Crippen MR) is 80.1 cm³/mol. The largest absolute Gasteiger partial charge is 0.376 e. The molecule has 0 spiro atoms. The molecule has 0 aromatic heterocycles. The number of hydrogen-bond acceptors (Lipinski definition) is 3. The second-order valence-electron chi connectivity index (χ2n) is 5.90. The molecule has 0 bridgehead atoms. The van der Waals surface area contributed by atoms with Crippen molar-refractivity contribution in [1.82, 2.24) is 5.32 Å². The average molecular weight is 275 g/mol. The van der Waals surface area contributed by atoms with E-state index in [0.29, 0.717) is 12.0 Å². The standard InChI is InChI=1S/C17H25NO2/c1-18-16(17-12-19-9-10-20-17)11-14-7-4-6-13-5-2-3-8-15(13)14/h2-3,5,8,14,16-18H,4,6-7,9-12H2,1H3. The van der Waals surface area contributed by atoms with E-state index in [4.69, 9.17) is 9.47 Å². The van der Waals surface area contributed by atoms with Crippen LogP contribution < -0.4 is 5.32 Å². The van der Waals surface area contributed by atoms with Crippen LogP contribution in [0.1, 0.15) is 36.3 Å². The van der Waals surface area contributed by atoms with Gasteiger partial charge >= 0.3 is 0 Å². The Morgan fingerprint density at radius 3 is 3.00 bits per heavy atom. The third-order valence-electron chi connectivity index (χ3n) is 4.69. The van der Waals surface area contributed by atoms with Gasteiger partial charge < -0.3 is 14.8 Å². The number of aryl methyl sites for hydroxylation is 1. The topological polar surface area (TPSA) is 30.5 Å². The van der Waals surface area contributed by atoms with E-state index in [1.54, 1.807) is 11.1 Å². The Morgan fingerprint density at radius 2 is 2.20 bits per heavy atom. The first-order valence-electron chi connectivity index (χ1n) is 7.83. The van der Waals surface area contributed by atoms with Gasteiger partial charge in [0.15, 0.2) is 0 Å². The third-order valence-corrected chi connectivity index (χ3v) is 4.69. The summed E-state index contributed by atoms with van der Waals surface area (Å²) in [5.41, 5.74) is 3.09. The van der Waals surface area contributed by atoms with Crippen LogP contribution in [0.5, 0.6) is 0 Å². The highest BCUT2D eigenvalue weighted by molar-refractivity contribution is 5.32. The number of ether oxygens (including phenoxy) is 2. The Morgan fingerprint density at radius 1 is 1.30 bits per heavy atom. The van der Waals surface area contributed by atoms with E-state index in [-0.39, 0.29) is 6.10 Å². The van der Waals surface area contributed by atoms with Crippen molar-refractivity contribution in [3.63, 3.8) is 0 Å². The molecule has 3 rings (SSSR count). The summed E-state index contributed by atoms with van der Waals surface area (Å²) >= 11 is 0. The molecule has 2 aliphatic rings. The molecule has 0 saturated carbocycles. The number of fused-ring (bicyclic) bond motifs is 1. The summed E-state index contributed by atoms with van der Waals surface area (Å²) in [7, 11) is 2.04. The SMILES string of the molecule is CNC(CC1CCCc2ccccc21)C1COCCO1. The van der Waals surface area contributed by atoms with Gasteiger partial charge in [0.25, 0.3) is 0 Å². The summed E-state index contributed by atoms with van der Waals surface area (Å²) in [6, 6.07) is 9.31. The molecule has 1 fully saturated rings. The molecule has 1 N–H and O–H groups in total. The minimum Gasteiger partial charge on any atom is -0.376 e. The van der Waals surface area contributed by atoms with E-state index >= 15 is 0 Å². The third kappa shape index (κ3) is 3.05. The molecule has 1 heterocycles. The lowest BCUT2D eigenvalue weighted by atomic mass is 9.79. The van der Waals surface area contributed by atoms with Crippen molar-refractivity contribution in [1.29, 1.82) is 0 Å². The summed E-state index contributed by atoms with van der Waals surface area (Å²) < 4.78 is 11.4. The molecule has 3 heteroatoms. The number of rotatable bonds is 4. The molecule has 3 unspecified atom stereocenters. The highest BCUT2D eigenvalue weighted by Crippen LogP contribution is 2.35. The van der Waals surface area contributed by atoms with Gasteiger partial charge in [-0.3, -0.25) is 0 Å². The molecular formula is C17H25NO2. The van der Waals surface area contributed by atoms with Crippen molar-refractivity contribution in [2.75, 3.05) is 26.9 Å². The van der Waals surface area contributed by atoms with E-state index in [2.05, 4.69) is 29.6 Å². The second kappa shape index (κ2) is 6.70. The fourth-order valence-corrected chi connectivity index (χ4v) is 3.60. The van der Waals surface area contributed by atoms with Crippen molar-refractivity contribution in [3.05, 3.63) is 35.4 Å². The Kier molecular flexibility index (Phi) is 4.71. The van der Waals surface area contributed by atoms with Gasteiger partial charge in [0.05, 0.1) is 25.9 Å². The maximum absolute atomic E-state index is 5.87. The van der Waals surface area contributed by atoms with Gasteiger partial charge in [-0.25, -0.2) is 0 Å². The Bertz CT molecular complexity index is 429. The molecule has 3 atom stereocenters. The van der Waals surface area contributed by atoms with Crippen LogP contribution in [0.25, 0.3) is 0 Å². The lowest BCUT2D eigenvalue weighted by Crippen LogP contribution is -2.46. The van der Waals surface area contributed by atoms with Gasteiger partial charge in [0, 0.05) is 6.04 Å². The molecule has 1 aromatic rings. The summed E-state index contributed by atoms with van der Waals surface area (Å²) in [4.78, 5) is 0. The minimum absolute atomic E-state index is 0.197. The van der Waals surface area contributed by atoms with Crippen LogP contribution in [0.2, 0.25) is 0 Å². The van der Waals surface area contributed by atoms with Crippen molar-refractivity contribution >= 4 is 0 Å². The maximum atomic E-state index is 5.87. The normalized spacial score (nSPS) is 27.9. The summed E-state index contributed by atoms with van der Waals surface area (Å²) in [5.74, 6) is 0.655. The molecule has 0 radical (unpaired) electrons. The van der Waals surface area contributed by atoms with E-state index in [0.717, 1.165) is 26.2 Å². The van der Waals surface area contributed by atoms with E-state index in [1.807, 2.05) is 7.05 Å². The van der Waals surface area contributed by atoms with Crippen LogP contribution in [0.4, 0.5) is 0 Å². The highest BCUT2D eigenvalue weighted by Gasteiger charge is 2.29. The smallest absolute Gasteiger partial charge is 0.0962 e. The number of benzene rings is 1. The van der Waals surface area contributed by atoms with Crippen molar-refractivity contribution < 1.29 is 9.47 Å². The summed E-state index contributed by atoms with van der Waals surface area (Å²) in [6.45, 7) is 2.18. The predicted octanol–water partition coefficient (Wildman–Crippen LogP) is 2.50. The lowest BCUT2D eigenvalue weighted by Gasteiger charge is -2.34. The van der Waals surface area contributed by atoms with E-state index in [1.165, 1.54) is 19.3 Å². The summed E-state index contributed by atoms with van der Waals surface area (Å²) in [5, 5.41) is 3.44. The van der Waals surface area contributed by atoms with Crippen LogP contribution in [-0.4, -0.2) is 39.0 Å². The monoisotopic (exact) mass is 275 g/mol.